The minimum Gasteiger partial charge on any atom is -0.481 e. The van der Waals surface area contributed by atoms with Gasteiger partial charge in [-0.25, -0.2) is 0 Å². The first-order valence-corrected chi connectivity index (χ1v) is 6.94. The second kappa shape index (κ2) is 5.27. The number of piperidine rings is 1. The molecule has 0 bridgehead atoms. The number of carboxylic acids is 1. The molecule has 0 saturated carbocycles. The van der Waals surface area contributed by atoms with Crippen LogP contribution in [0.4, 0.5) is 0 Å². The zero-order valence-electron chi connectivity index (χ0n) is 12.3. The van der Waals surface area contributed by atoms with Gasteiger partial charge in [0.1, 0.15) is 0 Å². The number of aliphatic carboxylic acids is 1. The van der Waals surface area contributed by atoms with Crippen molar-refractivity contribution in [2.45, 2.75) is 33.6 Å². The van der Waals surface area contributed by atoms with Crippen LogP contribution in [0.2, 0.25) is 0 Å². The van der Waals surface area contributed by atoms with Crippen LogP contribution in [0, 0.1) is 19.3 Å². The van der Waals surface area contributed by atoms with Gasteiger partial charge in [0.15, 0.2) is 0 Å². The number of carboxylic acid groups (broad SMARTS) is 1. The zero-order chi connectivity index (χ0) is 14.9. The summed E-state index contributed by atoms with van der Waals surface area (Å²) in [4.78, 5) is 25.6. The summed E-state index contributed by atoms with van der Waals surface area (Å²) in [7, 11) is 0. The van der Waals surface area contributed by atoms with Crippen molar-refractivity contribution in [2.24, 2.45) is 5.41 Å². The van der Waals surface area contributed by atoms with Crippen LogP contribution in [0.5, 0.6) is 0 Å². The molecule has 20 heavy (non-hydrogen) atoms. The number of likely N-dealkylation sites (tertiary alicyclic amines) is 1. The number of carbonyl (C=O) groups is 2. The van der Waals surface area contributed by atoms with Crippen molar-refractivity contribution in [2.75, 3.05) is 13.1 Å². The van der Waals surface area contributed by atoms with Crippen LogP contribution in [0.25, 0.3) is 0 Å². The molecular weight excluding hydrogens is 254 g/mol. The number of rotatable bonds is 2. The van der Waals surface area contributed by atoms with Crippen LogP contribution in [0.3, 0.4) is 0 Å². The van der Waals surface area contributed by atoms with Crippen LogP contribution >= 0.6 is 0 Å². The maximum absolute atomic E-state index is 12.6. The first kappa shape index (κ1) is 14.6. The Morgan fingerprint density at radius 1 is 1.15 bits per heavy atom. The second-order valence-electron chi connectivity index (χ2n) is 5.92. The fourth-order valence-electron chi connectivity index (χ4n) is 2.73. The number of aryl methyl sites for hydroxylation is 2. The molecule has 0 unspecified atom stereocenters. The first-order valence-electron chi connectivity index (χ1n) is 6.94. The Morgan fingerprint density at radius 2 is 1.65 bits per heavy atom. The largest absolute Gasteiger partial charge is 0.481 e. The highest BCUT2D eigenvalue weighted by molar-refractivity contribution is 5.97. The summed E-state index contributed by atoms with van der Waals surface area (Å²) in [6.45, 7) is 6.65. The van der Waals surface area contributed by atoms with Gasteiger partial charge in [-0.1, -0.05) is 18.2 Å². The number of hydrogen-bond acceptors (Lipinski definition) is 2. The van der Waals surface area contributed by atoms with Gasteiger partial charge in [-0.15, -0.1) is 0 Å². The Hall–Kier alpha value is -1.84. The van der Waals surface area contributed by atoms with Crippen LogP contribution in [-0.2, 0) is 4.79 Å². The highest BCUT2D eigenvalue weighted by Gasteiger charge is 2.38. The Morgan fingerprint density at radius 3 is 2.10 bits per heavy atom. The second-order valence-corrected chi connectivity index (χ2v) is 5.92. The summed E-state index contributed by atoms with van der Waals surface area (Å²) in [5.74, 6) is -0.746. The molecule has 1 fully saturated rings. The topological polar surface area (TPSA) is 57.6 Å². The van der Waals surface area contributed by atoms with E-state index in [0.717, 1.165) is 16.7 Å². The smallest absolute Gasteiger partial charge is 0.309 e. The van der Waals surface area contributed by atoms with E-state index in [9.17, 15) is 14.7 Å². The van der Waals surface area contributed by atoms with E-state index >= 15 is 0 Å². The summed E-state index contributed by atoms with van der Waals surface area (Å²) in [6.07, 6.45) is 1.03. The van der Waals surface area contributed by atoms with Gasteiger partial charge in [0.2, 0.25) is 0 Å². The SMILES string of the molecule is Cc1cccc(C)c1C(=O)N1CCC(C)(C(=O)O)CC1. The number of benzene rings is 1. The molecule has 1 aromatic rings. The lowest BCUT2D eigenvalue weighted by molar-refractivity contribution is -0.150. The van der Waals surface area contributed by atoms with Gasteiger partial charge in [-0.2, -0.15) is 0 Å². The summed E-state index contributed by atoms with van der Waals surface area (Å²) in [6, 6.07) is 5.82. The van der Waals surface area contributed by atoms with Crippen LogP contribution in [-0.4, -0.2) is 35.0 Å². The number of carbonyl (C=O) groups excluding carboxylic acids is 1. The lowest BCUT2D eigenvalue weighted by Crippen LogP contribution is -2.45. The molecule has 1 aliphatic rings. The third kappa shape index (κ3) is 2.55. The van der Waals surface area contributed by atoms with Gasteiger partial charge >= 0.3 is 5.97 Å². The minimum atomic E-state index is -0.767. The first-order chi connectivity index (χ1) is 9.35. The normalized spacial score (nSPS) is 17.9. The Labute approximate surface area is 119 Å². The third-order valence-corrected chi connectivity index (χ3v) is 4.37. The maximum atomic E-state index is 12.6. The Bertz CT molecular complexity index is 522. The molecule has 1 heterocycles. The monoisotopic (exact) mass is 275 g/mol. The van der Waals surface area contributed by atoms with E-state index in [1.54, 1.807) is 11.8 Å². The molecule has 2 rings (SSSR count). The van der Waals surface area contributed by atoms with E-state index in [1.807, 2.05) is 32.0 Å². The third-order valence-electron chi connectivity index (χ3n) is 4.37. The molecule has 1 saturated heterocycles. The van der Waals surface area contributed by atoms with E-state index in [1.165, 1.54) is 0 Å². The summed E-state index contributed by atoms with van der Waals surface area (Å²) < 4.78 is 0. The quantitative estimate of drug-likeness (QED) is 0.902. The van der Waals surface area contributed by atoms with Gasteiger partial charge in [0.05, 0.1) is 5.41 Å². The average Bonchev–Trinajstić information content (AvgIpc) is 2.39. The number of amides is 1. The molecule has 0 spiro atoms. The molecular formula is C16H21NO3. The van der Waals surface area contributed by atoms with Crippen LogP contribution in [0.1, 0.15) is 41.3 Å². The molecule has 4 nitrogen and oxygen atoms in total. The average molecular weight is 275 g/mol. The Balaban J connectivity index is 2.15. The van der Waals surface area contributed by atoms with Gasteiger partial charge in [-0.3, -0.25) is 9.59 Å². The molecule has 0 aromatic heterocycles. The summed E-state index contributed by atoms with van der Waals surface area (Å²) in [5.41, 5.74) is 2.01. The van der Waals surface area contributed by atoms with Crippen LogP contribution in [0.15, 0.2) is 18.2 Å². The summed E-state index contributed by atoms with van der Waals surface area (Å²) >= 11 is 0. The number of hydrogen-bond donors (Lipinski definition) is 1. The molecule has 1 aromatic carbocycles. The lowest BCUT2D eigenvalue weighted by atomic mass is 9.80. The maximum Gasteiger partial charge on any atom is 0.309 e. The molecule has 1 aliphatic heterocycles. The van der Waals surface area contributed by atoms with Crippen molar-refractivity contribution >= 4 is 11.9 Å². The van der Waals surface area contributed by atoms with Crippen molar-refractivity contribution in [1.29, 1.82) is 0 Å². The molecule has 108 valence electrons. The molecule has 0 radical (unpaired) electrons. The zero-order valence-corrected chi connectivity index (χ0v) is 12.3. The highest BCUT2D eigenvalue weighted by atomic mass is 16.4. The van der Waals surface area contributed by atoms with Crippen molar-refractivity contribution in [3.05, 3.63) is 34.9 Å². The molecule has 0 atom stereocenters. The van der Waals surface area contributed by atoms with Gasteiger partial charge in [-0.05, 0) is 44.7 Å². The molecule has 1 N–H and O–H groups in total. The Kier molecular flexibility index (Phi) is 3.84. The van der Waals surface area contributed by atoms with E-state index in [-0.39, 0.29) is 5.91 Å². The van der Waals surface area contributed by atoms with Gasteiger partial charge < -0.3 is 10.0 Å². The highest BCUT2D eigenvalue weighted by Crippen LogP contribution is 2.32. The lowest BCUT2D eigenvalue weighted by Gasteiger charge is -2.36. The van der Waals surface area contributed by atoms with E-state index < -0.39 is 11.4 Å². The number of nitrogens with zero attached hydrogens (tertiary/aromatic N) is 1. The van der Waals surface area contributed by atoms with Crippen molar-refractivity contribution in [1.82, 2.24) is 4.90 Å². The van der Waals surface area contributed by atoms with Gasteiger partial charge in [0, 0.05) is 18.7 Å². The van der Waals surface area contributed by atoms with Crippen molar-refractivity contribution in [3.8, 4) is 0 Å². The minimum absolute atomic E-state index is 0.0213. The van der Waals surface area contributed by atoms with Gasteiger partial charge in [0.25, 0.3) is 5.91 Å². The predicted molar refractivity (Wildman–Crippen MR) is 76.8 cm³/mol. The van der Waals surface area contributed by atoms with E-state index in [0.29, 0.717) is 25.9 Å². The standard InChI is InChI=1S/C16H21NO3/c1-11-5-4-6-12(2)13(11)14(18)17-9-7-16(3,8-10-17)15(19)20/h4-6H,7-10H2,1-3H3,(H,19,20). The van der Waals surface area contributed by atoms with E-state index in [2.05, 4.69) is 0 Å². The fourth-order valence-corrected chi connectivity index (χ4v) is 2.73. The van der Waals surface area contributed by atoms with E-state index in [4.69, 9.17) is 0 Å². The molecule has 1 amide bonds. The molecule has 0 aliphatic carbocycles. The molecule has 4 heteroatoms. The van der Waals surface area contributed by atoms with Crippen molar-refractivity contribution in [3.63, 3.8) is 0 Å². The van der Waals surface area contributed by atoms with Crippen LogP contribution < -0.4 is 0 Å². The predicted octanol–water partition coefficient (Wildman–Crippen LogP) is 2.63. The van der Waals surface area contributed by atoms with Crippen molar-refractivity contribution < 1.29 is 14.7 Å². The fraction of sp³-hybridized carbons (Fsp3) is 0.500. The summed E-state index contributed by atoms with van der Waals surface area (Å²) in [5, 5.41) is 9.22.